The molecule has 5 N–H and O–H groups in total. The summed E-state index contributed by atoms with van der Waals surface area (Å²) >= 11 is 2.65. The van der Waals surface area contributed by atoms with Crippen LogP contribution in [0.3, 0.4) is 0 Å². The van der Waals surface area contributed by atoms with Crippen LogP contribution in [0.25, 0.3) is 0 Å². The first-order valence-corrected chi connectivity index (χ1v) is 21.8. The molecule has 0 aromatic heterocycles. The number of hydrogen-bond donors (Lipinski definition) is 5. The number of likely N-dealkylation sites (N-methyl/N-ethyl adjacent to an activating group) is 1. The van der Waals surface area contributed by atoms with Crippen molar-refractivity contribution >= 4 is 76.9 Å². The molecule has 5 aliphatic rings. The molecule has 2 unspecified atom stereocenters. The number of hydrogen-bond acceptors (Lipinski definition) is 11. The van der Waals surface area contributed by atoms with Crippen LogP contribution in [-0.2, 0) is 38.4 Å². The quantitative estimate of drug-likeness (QED) is 0.138. The average Bonchev–Trinajstić information content (AvgIpc) is 3.64. The van der Waals surface area contributed by atoms with Crippen LogP contribution in [-0.4, -0.2) is 149 Å². The summed E-state index contributed by atoms with van der Waals surface area (Å²) in [6, 6.07) is 11.0. The predicted octanol–water partition coefficient (Wildman–Crippen LogP) is 0.597. The van der Waals surface area contributed by atoms with Crippen LogP contribution in [0.2, 0.25) is 0 Å². The van der Waals surface area contributed by atoms with Crippen molar-refractivity contribution < 1.29 is 48.3 Å². The van der Waals surface area contributed by atoms with Crippen LogP contribution < -0.4 is 21.3 Å². The van der Waals surface area contributed by atoms with Gasteiger partial charge in [-0.15, -0.1) is 23.5 Å². The lowest BCUT2D eigenvalue weighted by Gasteiger charge is -2.44. The van der Waals surface area contributed by atoms with E-state index in [2.05, 4.69) is 21.3 Å². The zero-order valence-corrected chi connectivity index (χ0v) is 35.8. The molecule has 2 aromatic rings. The van der Waals surface area contributed by atoms with E-state index in [0.717, 1.165) is 4.90 Å². The lowest BCUT2D eigenvalue weighted by molar-refractivity contribution is -0.161. The van der Waals surface area contributed by atoms with Crippen molar-refractivity contribution in [1.29, 1.82) is 0 Å². The fourth-order valence-electron chi connectivity index (χ4n) is 8.69. The lowest BCUT2D eigenvalue weighted by atomic mass is 9.92. The molecule has 9 amide bonds. The van der Waals surface area contributed by atoms with E-state index in [4.69, 9.17) is 0 Å². The van der Waals surface area contributed by atoms with E-state index in [1.807, 2.05) is 13.8 Å². The summed E-state index contributed by atoms with van der Waals surface area (Å²) in [7, 11) is 0. The molecular weight excluding hydrogens is 829 g/mol. The second kappa shape index (κ2) is 16.7. The highest BCUT2D eigenvalue weighted by Crippen LogP contribution is 2.52. The minimum absolute atomic E-state index is 0.0347. The Labute approximate surface area is 360 Å². The average molecular weight is 877 g/mol. The molecule has 5 fully saturated rings. The molecule has 18 nitrogen and oxygen atoms in total. The monoisotopic (exact) mass is 876 g/mol. The maximum atomic E-state index is 13.9. The Balaban J connectivity index is 0.983. The van der Waals surface area contributed by atoms with Crippen molar-refractivity contribution in [2.24, 2.45) is 0 Å². The summed E-state index contributed by atoms with van der Waals surface area (Å²) in [4.78, 5) is 124. The number of thioether (sulfide) groups is 2. The van der Waals surface area contributed by atoms with Crippen LogP contribution in [0.4, 0.5) is 4.79 Å². The standard InChI is InChI=1S/C41H48N8O10S2/c1-6-46-19-20-47(35(56)34(46)55)39(59)45-24(22-15-11-8-12-16-22)30(51)44-26-32(53)48-27(40(2,3)60-36(26)48)31(52)42-18-17-23(21-13-9-7-10-14-21)29(50)43-25-33(54)49-28(38(57)58)41(4,5)61-37(25)49/h7-16,23-28,36-37H,6,17-20H2,1-5H3,(H,42,52)(H,43,50)(H,44,51)(H,45,59)(H,57,58)/t23?,24?,25-,26-,27+,28-,36-,37+/m1/s1. The van der Waals surface area contributed by atoms with E-state index in [1.54, 1.807) is 81.4 Å². The number of carboxylic acid groups (broad SMARTS) is 1. The highest BCUT2D eigenvalue weighted by atomic mass is 32.2. The minimum Gasteiger partial charge on any atom is -0.480 e. The first kappa shape index (κ1) is 43.5. The summed E-state index contributed by atoms with van der Waals surface area (Å²) in [6.07, 6.45) is 0.143. The zero-order valence-electron chi connectivity index (χ0n) is 34.2. The van der Waals surface area contributed by atoms with Gasteiger partial charge in [0.2, 0.25) is 29.5 Å². The van der Waals surface area contributed by atoms with E-state index in [9.17, 15) is 48.3 Å². The van der Waals surface area contributed by atoms with Gasteiger partial charge in [-0.1, -0.05) is 60.7 Å². The van der Waals surface area contributed by atoms with E-state index in [1.165, 1.54) is 38.2 Å². The number of amides is 9. The van der Waals surface area contributed by atoms with E-state index >= 15 is 0 Å². The summed E-state index contributed by atoms with van der Waals surface area (Å²) < 4.78 is -1.57. The molecule has 0 aliphatic carbocycles. The topological polar surface area (TPSA) is 235 Å². The van der Waals surface area contributed by atoms with Gasteiger partial charge in [0, 0.05) is 35.7 Å². The molecule has 5 saturated heterocycles. The second-order valence-electron chi connectivity index (χ2n) is 16.5. The van der Waals surface area contributed by atoms with Crippen LogP contribution in [0.1, 0.15) is 64.1 Å². The summed E-state index contributed by atoms with van der Waals surface area (Å²) in [5.74, 6) is -6.34. The molecule has 5 heterocycles. The molecule has 0 saturated carbocycles. The number of piperazine rings is 1. The fraction of sp³-hybridized carbons (Fsp3) is 0.488. The van der Waals surface area contributed by atoms with Crippen LogP contribution >= 0.6 is 23.5 Å². The molecule has 324 valence electrons. The first-order valence-electron chi connectivity index (χ1n) is 20.0. The van der Waals surface area contributed by atoms with Gasteiger partial charge in [0.15, 0.2) is 0 Å². The van der Waals surface area contributed by atoms with Crippen LogP contribution in [0.5, 0.6) is 0 Å². The number of nitrogens with zero attached hydrogens (tertiary/aromatic N) is 4. The summed E-state index contributed by atoms with van der Waals surface area (Å²) in [5, 5.41) is 19.7. The number of carbonyl (C=O) groups excluding carboxylic acids is 8. The molecule has 5 aliphatic heterocycles. The summed E-state index contributed by atoms with van der Waals surface area (Å²) in [6.45, 7) is 9.27. The maximum Gasteiger partial charge on any atom is 0.327 e. The SMILES string of the molecule is CCN1CCN(C(=O)NC(C(=O)N[C@@H]2C(=O)N3[C@@H]2SC(C)(C)[C@@H]3C(=O)NCCC(C(=O)N[C@@H]2C(=O)N3[C@H]2SC(C)(C)[C@H]3C(=O)O)c2ccccc2)c2ccccc2)C(=O)C1=O. The molecule has 0 radical (unpaired) electrons. The largest absolute Gasteiger partial charge is 0.480 e. The van der Waals surface area contributed by atoms with Gasteiger partial charge in [-0.05, 0) is 52.2 Å². The van der Waals surface area contributed by atoms with Gasteiger partial charge in [0.25, 0.3) is 0 Å². The molecule has 20 heteroatoms. The minimum atomic E-state index is -1.33. The Bertz CT molecular complexity index is 2160. The number of β-lactam (4-membered cyclic amide) rings is 2. The second-order valence-corrected chi connectivity index (χ2v) is 20.1. The third-order valence-corrected chi connectivity index (χ3v) is 15.0. The van der Waals surface area contributed by atoms with Crippen LogP contribution in [0, 0.1) is 0 Å². The zero-order chi connectivity index (χ0) is 44.1. The Kier molecular flexibility index (Phi) is 11.9. The highest BCUT2D eigenvalue weighted by molar-refractivity contribution is 8.02. The normalized spacial score (nSPS) is 26.9. The smallest absolute Gasteiger partial charge is 0.327 e. The molecule has 2 aromatic carbocycles. The number of rotatable bonds is 13. The van der Waals surface area contributed by atoms with Crippen molar-refractivity contribution in [3.8, 4) is 0 Å². The Morgan fingerprint density at radius 2 is 1.26 bits per heavy atom. The highest BCUT2D eigenvalue weighted by Gasteiger charge is 2.65. The number of imide groups is 1. The van der Waals surface area contributed by atoms with Crippen molar-refractivity contribution in [2.45, 2.75) is 97.4 Å². The van der Waals surface area contributed by atoms with Gasteiger partial charge in [0.05, 0.1) is 5.92 Å². The van der Waals surface area contributed by atoms with Gasteiger partial charge in [-0.2, -0.15) is 0 Å². The van der Waals surface area contributed by atoms with Crippen molar-refractivity contribution in [1.82, 2.24) is 40.9 Å². The number of carboxylic acids is 1. The van der Waals surface area contributed by atoms with E-state index in [0.29, 0.717) is 17.7 Å². The van der Waals surface area contributed by atoms with Gasteiger partial charge in [0.1, 0.15) is 41.0 Å². The number of fused-ring (bicyclic) bond motifs is 2. The van der Waals surface area contributed by atoms with Gasteiger partial charge >= 0.3 is 23.8 Å². The fourth-order valence-corrected chi connectivity index (χ4v) is 12.0. The molecule has 61 heavy (non-hydrogen) atoms. The van der Waals surface area contributed by atoms with Crippen molar-refractivity contribution in [3.63, 3.8) is 0 Å². The molecular formula is C41H48N8O10S2. The van der Waals surface area contributed by atoms with Crippen molar-refractivity contribution in [3.05, 3.63) is 71.8 Å². The first-order chi connectivity index (χ1) is 28.9. The van der Waals surface area contributed by atoms with Crippen molar-refractivity contribution in [2.75, 3.05) is 26.2 Å². The van der Waals surface area contributed by atoms with Gasteiger partial charge in [-0.25, -0.2) is 9.59 Å². The molecule has 0 bridgehead atoms. The van der Waals surface area contributed by atoms with Gasteiger partial charge in [-0.3, -0.25) is 38.5 Å². The number of urea groups is 1. The Morgan fingerprint density at radius 3 is 1.82 bits per heavy atom. The summed E-state index contributed by atoms with van der Waals surface area (Å²) in [5.41, 5.74) is 1.02. The molecule has 0 spiro atoms. The van der Waals surface area contributed by atoms with E-state index < -0.39 is 110 Å². The molecule has 8 atom stereocenters. The van der Waals surface area contributed by atoms with Gasteiger partial charge < -0.3 is 41.1 Å². The molecule has 7 rings (SSSR count). The Morgan fingerprint density at radius 1 is 0.738 bits per heavy atom. The Hall–Kier alpha value is -5.63. The van der Waals surface area contributed by atoms with E-state index in [-0.39, 0.29) is 26.1 Å². The predicted molar refractivity (Wildman–Crippen MR) is 222 cm³/mol. The number of benzene rings is 2. The number of carbonyl (C=O) groups is 9. The third-order valence-electron chi connectivity index (χ3n) is 11.8. The van der Waals surface area contributed by atoms with Crippen LogP contribution in [0.15, 0.2) is 60.7 Å². The maximum absolute atomic E-state index is 13.9. The number of aliphatic carboxylic acids is 1. The lowest BCUT2D eigenvalue weighted by Crippen LogP contribution is -2.72. The third kappa shape index (κ3) is 7.90. The number of nitrogens with one attached hydrogen (secondary N) is 4.